The highest BCUT2D eigenvalue weighted by Crippen LogP contribution is 2.36. The Hall–Kier alpha value is -0.560. The van der Waals surface area contributed by atoms with Crippen molar-refractivity contribution in [3.63, 3.8) is 0 Å². The fourth-order valence-electron chi connectivity index (χ4n) is 1.58. The molecule has 1 atom stereocenters. The van der Waals surface area contributed by atoms with Crippen LogP contribution in [0.15, 0.2) is 39.3 Å². The van der Waals surface area contributed by atoms with Crippen LogP contribution in [0.4, 0.5) is 5.69 Å². The molecule has 1 aromatic carbocycles. The van der Waals surface area contributed by atoms with Gasteiger partial charge in [-0.15, -0.1) is 11.3 Å². The largest absolute Gasteiger partial charge is 0.467 e. The molecule has 3 nitrogen and oxygen atoms in total. The standard InChI is InChI=1S/C13H10Br2ClNO2S/c1-19-13(18)11(10-6-9(15)12(16)20-10)17-8-4-2-7(14)3-5-8/h2-6,11,17H,1H3. The molecule has 1 N–H and O–H groups in total. The Morgan fingerprint density at radius 2 is 2.00 bits per heavy atom. The van der Waals surface area contributed by atoms with E-state index < -0.39 is 6.04 Å². The average molecular weight is 440 g/mol. The third kappa shape index (κ3) is 3.75. The van der Waals surface area contributed by atoms with Gasteiger partial charge in [0, 0.05) is 19.5 Å². The number of hydrogen-bond acceptors (Lipinski definition) is 4. The van der Waals surface area contributed by atoms with Crippen LogP contribution in [0.25, 0.3) is 0 Å². The summed E-state index contributed by atoms with van der Waals surface area (Å²) in [4.78, 5) is 12.7. The first-order valence-electron chi connectivity index (χ1n) is 5.56. The lowest BCUT2D eigenvalue weighted by Gasteiger charge is -2.16. The topological polar surface area (TPSA) is 38.3 Å². The molecule has 2 rings (SSSR count). The number of methoxy groups -OCH3 is 1. The van der Waals surface area contributed by atoms with Gasteiger partial charge < -0.3 is 10.1 Å². The number of nitrogens with one attached hydrogen (secondary N) is 1. The van der Waals surface area contributed by atoms with Crippen LogP contribution in [-0.2, 0) is 9.53 Å². The van der Waals surface area contributed by atoms with E-state index in [9.17, 15) is 4.79 Å². The molecular weight excluding hydrogens is 429 g/mol. The second-order valence-electron chi connectivity index (χ2n) is 3.88. The van der Waals surface area contributed by atoms with Gasteiger partial charge in [0.15, 0.2) is 6.04 Å². The molecule has 0 saturated heterocycles. The van der Waals surface area contributed by atoms with E-state index in [0.717, 1.165) is 19.5 Å². The van der Waals surface area contributed by atoms with E-state index in [1.54, 1.807) is 0 Å². The highest BCUT2D eigenvalue weighted by molar-refractivity contribution is 9.10. The van der Waals surface area contributed by atoms with Gasteiger partial charge in [-0.3, -0.25) is 0 Å². The first kappa shape index (κ1) is 15.8. The number of anilines is 1. The summed E-state index contributed by atoms with van der Waals surface area (Å²) < 4.78 is 7.19. The Bertz CT molecular complexity index is 596. The molecule has 1 unspecified atom stereocenters. The van der Waals surface area contributed by atoms with Crippen molar-refractivity contribution in [1.82, 2.24) is 0 Å². The van der Waals surface area contributed by atoms with Gasteiger partial charge in [-0.2, -0.15) is 0 Å². The van der Waals surface area contributed by atoms with Crippen LogP contribution in [0, 0.1) is 0 Å². The van der Waals surface area contributed by atoms with Crippen molar-refractivity contribution < 1.29 is 9.53 Å². The molecule has 0 saturated carbocycles. The number of ether oxygens (including phenoxy) is 1. The molecule has 0 radical (unpaired) electrons. The highest BCUT2D eigenvalue weighted by Gasteiger charge is 2.24. The van der Waals surface area contributed by atoms with Gasteiger partial charge in [0.2, 0.25) is 0 Å². The van der Waals surface area contributed by atoms with Crippen LogP contribution in [0.1, 0.15) is 10.9 Å². The maximum Gasteiger partial charge on any atom is 0.333 e. The smallest absolute Gasteiger partial charge is 0.333 e. The monoisotopic (exact) mass is 437 g/mol. The van der Waals surface area contributed by atoms with Crippen LogP contribution in [-0.4, -0.2) is 13.1 Å². The van der Waals surface area contributed by atoms with Crippen LogP contribution in [0.2, 0.25) is 4.34 Å². The molecule has 1 heterocycles. The Kier molecular flexibility index (Phi) is 5.49. The van der Waals surface area contributed by atoms with E-state index in [1.165, 1.54) is 18.4 Å². The van der Waals surface area contributed by atoms with Gasteiger partial charge >= 0.3 is 5.97 Å². The lowest BCUT2D eigenvalue weighted by Crippen LogP contribution is -2.21. The number of rotatable bonds is 4. The molecule has 2 aromatic rings. The van der Waals surface area contributed by atoms with Crippen molar-refractivity contribution in [2.75, 3.05) is 12.4 Å². The Balaban J connectivity index is 2.28. The zero-order chi connectivity index (χ0) is 14.7. The third-order valence-electron chi connectivity index (χ3n) is 2.54. The SMILES string of the molecule is COC(=O)C(Nc1ccc(Br)cc1)c1cc(Br)c(Cl)s1. The minimum Gasteiger partial charge on any atom is -0.467 e. The summed E-state index contributed by atoms with van der Waals surface area (Å²) in [6, 6.07) is 8.78. The van der Waals surface area contributed by atoms with Crippen LogP contribution in [0.3, 0.4) is 0 Å². The number of carbonyl (C=O) groups excluding carboxylic acids is 1. The van der Waals surface area contributed by atoms with Crippen LogP contribution < -0.4 is 5.32 Å². The van der Waals surface area contributed by atoms with Crippen LogP contribution >= 0.6 is 54.8 Å². The average Bonchev–Trinajstić information content (AvgIpc) is 2.77. The van der Waals surface area contributed by atoms with Gasteiger partial charge in [-0.1, -0.05) is 27.5 Å². The van der Waals surface area contributed by atoms with Crippen LogP contribution in [0.5, 0.6) is 0 Å². The lowest BCUT2D eigenvalue weighted by atomic mass is 10.2. The normalized spacial score (nSPS) is 12.0. The molecule has 7 heteroatoms. The van der Waals surface area contributed by atoms with Gasteiger partial charge in [-0.25, -0.2) is 4.79 Å². The summed E-state index contributed by atoms with van der Waals surface area (Å²) >= 11 is 14.1. The minimum absolute atomic E-state index is 0.363. The van der Waals surface area contributed by atoms with Gasteiger partial charge in [0.1, 0.15) is 4.34 Å². The molecule has 0 amide bonds. The quantitative estimate of drug-likeness (QED) is 0.661. The van der Waals surface area contributed by atoms with E-state index in [2.05, 4.69) is 37.2 Å². The summed E-state index contributed by atoms with van der Waals surface area (Å²) in [5, 5.41) is 3.15. The van der Waals surface area contributed by atoms with E-state index in [-0.39, 0.29) is 5.97 Å². The summed E-state index contributed by atoms with van der Waals surface area (Å²) in [6.45, 7) is 0. The summed E-state index contributed by atoms with van der Waals surface area (Å²) in [7, 11) is 1.36. The lowest BCUT2D eigenvalue weighted by molar-refractivity contribution is -0.141. The molecular formula is C13H10Br2ClNO2S. The second kappa shape index (κ2) is 6.93. The van der Waals surface area contributed by atoms with Crippen molar-refractivity contribution in [2.24, 2.45) is 0 Å². The van der Waals surface area contributed by atoms with E-state index in [1.807, 2.05) is 30.3 Å². The Labute approximate surface area is 142 Å². The zero-order valence-electron chi connectivity index (χ0n) is 10.3. The summed E-state index contributed by atoms with van der Waals surface area (Å²) in [5.74, 6) is -0.363. The maximum absolute atomic E-state index is 12.0. The third-order valence-corrected chi connectivity index (χ3v) is 5.61. The predicted octanol–water partition coefficient (Wildman–Crippen LogP) is 5.25. The second-order valence-corrected chi connectivity index (χ2v) is 7.33. The number of halogens is 3. The molecule has 0 fully saturated rings. The summed E-state index contributed by atoms with van der Waals surface area (Å²) in [5.41, 5.74) is 0.823. The zero-order valence-corrected chi connectivity index (χ0v) is 15.1. The van der Waals surface area contributed by atoms with Crippen molar-refractivity contribution in [1.29, 1.82) is 0 Å². The van der Waals surface area contributed by atoms with Gasteiger partial charge in [-0.05, 0) is 46.3 Å². The molecule has 1 aromatic heterocycles. The number of benzene rings is 1. The maximum atomic E-state index is 12.0. The predicted molar refractivity (Wildman–Crippen MR) is 89.6 cm³/mol. The Morgan fingerprint density at radius 3 is 2.50 bits per heavy atom. The molecule has 0 bridgehead atoms. The van der Waals surface area contributed by atoms with Gasteiger partial charge in [0.05, 0.1) is 7.11 Å². The minimum atomic E-state index is -0.588. The number of hydrogen-bond donors (Lipinski definition) is 1. The van der Waals surface area contributed by atoms with Crippen molar-refractivity contribution >= 4 is 66.5 Å². The highest BCUT2D eigenvalue weighted by atomic mass is 79.9. The molecule has 20 heavy (non-hydrogen) atoms. The fraction of sp³-hybridized carbons (Fsp3) is 0.154. The number of thiophene rings is 1. The van der Waals surface area contributed by atoms with Crippen molar-refractivity contribution in [3.8, 4) is 0 Å². The number of esters is 1. The molecule has 0 aliphatic carbocycles. The first-order valence-corrected chi connectivity index (χ1v) is 8.34. The summed E-state index contributed by atoms with van der Waals surface area (Å²) in [6.07, 6.45) is 0. The molecule has 0 aliphatic heterocycles. The Morgan fingerprint density at radius 1 is 1.35 bits per heavy atom. The molecule has 0 aliphatic rings. The van der Waals surface area contributed by atoms with E-state index >= 15 is 0 Å². The van der Waals surface area contributed by atoms with Crippen molar-refractivity contribution in [2.45, 2.75) is 6.04 Å². The van der Waals surface area contributed by atoms with Crippen molar-refractivity contribution in [3.05, 3.63) is 48.5 Å². The first-order chi connectivity index (χ1) is 9.51. The molecule has 0 spiro atoms. The van der Waals surface area contributed by atoms with E-state index in [0.29, 0.717) is 4.34 Å². The van der Waals surface area contributed by atoms with Gasteiger partial charge in [0.25, 0.3) is 0 Å². The molecule has 106 valence electrons. The van der Waals surface area contributed by atoms with E-state index in [4.69, 9.17) is 16.3 Å². The number of carbonyl (C=O) groups is 1. The fourth-order valence-corrected chi connectivity index (χ4v) is 3.62.